The summed E-state index contributed by atoms with van der Waals surface area (Å²) in [5, 5.41) is 11.5. The highest BCUT2D eigenvalue weighted by Crippen LogP contribution is 2.13. The minimum absolute atomic E-state index is 0.0278. The van der Waals surface area contributed by atoms with Crippen molar-refractivity contribution in [1.82, 2.24) is 0 Å². The van der Waals surface area contributed by atoms with Gasteiger partial charge in [-0.15, -0.1) is 0 Å². The molecule has 8 heteroatoms. The largest absolute Gasteiger partial charge is 0.544 e. The highest BCUT2D eigenvalue weighted by molar-refractivity contribution is 5.70. The number of hydrogen-bond donors (Lipinski definition) is 0. The van der Waals surface area contributed by atoms with Crippen LogP contribution in [0.3, 0.4) is 0 Å². The van der Waals surface area contributed by atoms with Crippen molar-refractivity contribution in [3.63, 3.8) is 0 Å². The summed E-state index contributed by atoms with van der Waals surface area (Å²) in [6, 6.07) is -0.729. The van der Waals surface area contributed by atoms with Gasteiger partial charge in [-0.25, -0.2) is 0 Å². The van der Waals surface area contributed by atoms with Gasteiger partial charge in [-0.2, -0.15) is 0 Å². The maximum absolute atomic E-state index is 12.6. The van der Waals surface area contributed by atoms with Crippen LogP contribution in [0.4, 0.5) is 0 Å². The van der Waals surface area contributed by atoms with E-state index < -0.39 is 18.1 Å². The summed E-state index contributed by atoms with van der Waals surface area (Å²) < 4.78 is 17.0. The number of rotatable bonds is 31. The van der Waals surface area contributed by atoms with Gasteiger partial charge in [0.2, 0.25) is 0 Å². The van der Waals surface area contributed by atoms with Crippen LogP contribution in [0.1, 0.15) is 129 Å². The zero-order chi connectivity index (χ0) is 35.0. The highest BCUT2D eigenvalue weighted by atomic mass is 16.6. The number of allylic oxidation sites excluding steroid dienone is 8. The third kappa shape index (κ3) is 29.2. The van der Waals surface area contributed by atoms with Crippen LogP contribution in [0.2, 0.25) is 0 Å². The zero-order valence-corrected chi connectivity index (χ0v) is 30.4. The molecule has 0 saturated carbocycles. The van der Waals surface area contributed by atoms with Crippen LogP contribution < -0.4 is 5.11 Å². The highest BCUT2D eigenvalue weighted by Gasteiger charge is 2.25. The average molecular weight is 662 g/mol. The number of hydrogen-bond acceptors (Lipinski definition) is 7. The second-order valence-electron chi connectivity index (χ2n) is 13.2. The SMILES string of the molecule is CC/C=C/C=C/C=C/C=C/CCCCCC(=O)OCC(COCCC(C(=O)[O-])[N+](C)(C)C)OC(=O)CCCCCCCCCCCC. The number of likely N-dealkylation sites (N-methyl/N-ethyl adjacent to an activating group) is 1. The molecule has 0 spiro atoms. The van der Waals surface area contributed by atoms with Gasteiger partial charge in [-0.05, 0) is 32.1 Å². The van der Waals surface area contributed by atoms with Crippen molar-refractivity contribution in [2.24, 2.45) is 0 Å². The molecule has 0 aliphatic rings. The lowest BCUT2D eigenvalue weighted by Crippen LogP contribution is -2.55. The molecule has 0 saturated heterocycles. The van der Waals surface area contributed by atoms with Gasteiger partial charge >= 0.3 is 11.9 Å². The van der Waals surface area contributed by atoms with E-state index in [0.717, 1.165) is 51.4 Å². The van der Waals surface area contributed by atoms with Gasteiger partial charge in [0.1, 0.15) is 12.6 Å². The summed E-state index contributed by atoms with van der Waals surface area (Å²) in [7, 11) is 5.37. The van der Waals surface area contributed by atoms with Crippen molar-refractivity contribution in [2.75, 3.05) is 41.0 Å². The third-order valence-corrected chi connectivity index (χ3v) is 7.82. The summed E-state index contributed by atoms with van der Waals surface area (Å²) in [6.45, 7) is 4.43. The Hall–Kier alpha value is -2.71. The number of esters is 2. The molecule has 0 aromatic rings. The first-order chi connectivity index (χ1) is 22.6. The van der Waals surface area contributed by atoms with Gasteiger partial charge in [0, 0.05) is 19.3 Å². The maximum Gasteiger partial charge on any atom is 0.306 e. The molecule has 0 aliphatic carbocycles. The van der Waals surface area contributed by atoms with Crippen LogP contribution in [0.5, 0.6) is 0 Å². The molecule has 0 aliphatic heterocycles. The summed E-state index contributed by atoms with van der Waals surface area (Å²) in [6.07, 6.45) is 32.8. The first-order valence-electron chi connectivity index (χ1n) is 18.2. The molecule has 2 atom stereocenters. The van der Waals surface area contributed by atoms with Crippen LogP contribution in [0, 0.1) is 0 Å². The van der Waals surface area contributed by atoms with E-state index in [-0.39, 0.29) is 42.7 Å². The fourth-order valence-corrected chi connectivity index (χ4v) is 4.96. The Labute approximate surface area is 286 Å². The molecule has 2 unspecified atom stereocenters. The van der Waals surface area contributed by atoms with Crippen molar-refractivity contribution in [3.05, 3.63) is 48.6 Å². The number of carbonyl (C=O) groups excluding carboxylic acids is 3. The molecule has 270 valence electrons. The molecular formula is C39H67NO7. The van der Waals surface area contributed by atoms with E-state index in [1.807, 2.05) is 36.5 Å². The molecule has 0 N–H and O–H groups in total. The molecule has 0 amide bonds. The lowest BCUT2D eigenvalue weighted by atomic mass is 10.1. The first kappa shape index (κ1) is 44.3. The first-order valence-corrected chi connectivity index (χ1v) is 18.2. The van der Waals surface area contributed by atoms with Crippen molar-refractivity contribution < 1.29 is 38.2 Å². The van der Waals surface area contributed by atoms with Gasteiger partial charge < -0.3 is 28.6 Å². The van der Waals surface area contributed by atoms with Gasteiger partial charge in [-0.3, -0.25) is 9.59 Å². The minimum Gasteiger partial charge on any atom is -0.544 e. The standard InChI is InChI=1S/C39H67NO7/c1-6-8-10-12-14-16-18-19-20-22-23-25-27-29-37(41)46-34-35(33-45-32-31-36(39(43)44)40(3,4)5)47-38(42)30-28-26-24-21-17-15-13-11-9-7-2/h8,10,12,14,16,18-20,35-36H,6-7,9,11,13,15,17,21-34H2,1-5H3/b10-8+,14-12+,18-16+,20-19+. The van der Waals surface area contributed by atoms with E-state index in [1.165, 1.54) is 44.9 Å². The Bertz CT molecular complexity index is 917. The molecule has 8 nitrogen and oxygen atoms in total. The Kier molecular flexibility index (Phi) is 28.8. The lowest BCUT2D eigenvalue weighted by molar-refractivity contribution is -0.889. The van der Waals surface area contributed by atoms with Crippen molar-refractivity contribution >= 4 is 17.9 Å². The Balaban J connectivity index is 4.52. The Morgan fingerprint density at radius 1 is 0.660 bits per heavy atom. The van der Waals surface area contributed by atoms with Crippen LogP contribution in [0.15, 0.2) is 48.6 Å². The number of quaternary nitrogens is 1. The van der Waals surface area contributed by atoms with Gasteiger partial charge in [-0.1, -0.05) is 127 Å². The number of nitrogens with zero attached hydrogens (tertiary/aromatic N) is 1. The van der Waals surface area contributed by atoms with Crippen LogP contribution in [-0.4, -0.2) is 75.5 Å². The zero-order valence-electron chi connectivity index (χ0n) is 30.4. The molecule has 47 heavy (non-hydrogen) atoms. The number of carboxylic acids is 1. The second-order valence-corrected chi connectivity index (χ2v) is 13.2. The smallest absolute Gasteiger partial charge is 0.306 e. The third-order valence-electron chi connectivity index (χ3n) is 7.82. The van der Waals surface area contributed by atoms with Gasteiger partial charge in [0.15, 0.2) is 6.10 Å². The van der Waals surface area contributed by atoms with E-state index in [4.69, 9.17) is 14.2 Å². The van der Waals surface area contributed by atoms with Crippen molar-refractivity contribution in [1.29, 1.82) is 0 Å². The molecule has 0 bridgehead atoms. The van der Waals surface area contributed by atoms with E-state index in [1.54, 1.807) is 21.1 Å². The Morgan fingerprint density at radius 2 is 1.19 bits per heavy atom. The van der Waals surface area contributed by atoms with E-state index in [0.29, 0.717) is 12.8 Å². The predicted octanol–water partition coefficient (Wildman–Crippen LogP) is 7.57. The number of aliphatic carboxylic acids is 1. The number of carbonyl (C=O) groups is 3. The number of carboxylic acid groups (broad SMARTS) is 1. The fourth-order valence-electron chi connectivity index (χ4n) is 4.96. The summed E-state index contributed by atoms with van der Waals surface area (Å²) in [5.41, 5.74) is 0. The van der Waals surface area contributed by atoms with E-state index in [2.05, 4.69) is 26.0 Å². The van der Waals surface area contributed by atoms with Crippen LogP contribution in [-0.2, 0) is 28.6 Å². The average Bonchev–Trinajstić information content (AvgIpc) is 3.01. The Morgan fingerprint density at radius 3 is 1.77 bits per heavy atom. The quantitative estimate of drug-likeness (QED) is 0.0327. The molecule has 0 rings (SSSR count). The summed E-state index contributed by atoms with van der Waals surface area (Å²) in [4.78, 5) is 36.5. The topological polar surface area (TPSA) is 102 Å². The molecule has 0 aromatic heterocycles. The predicted molar refractivity (Wildman–Crippen MR) is 189 cm³/mol. The summed E-state index contributed by atoms with van der Waals surface area (Å²) >= 11 is 0. The maximum atomic E-state index is 12.6. The minimum atomic E-state index is -1.13. The lowest BCUT2D eigenvalue weighted by Gasteiger charge is -2.34. The van der Waals surface area contributed by atoms with E-state index >= 15 is 0 Å². The monoisotopic (exact) mass is 661 g/mol. The van der Waals surface area contributed by atoms with Crippen molar-refractivity contribution in [3.8, 4) is 0 Å². The van der Waals surface area contributed by atoms with Crippen LogP contribution in [0.25, 0.3) is 0 Å². The van der Waals surface area contributed by atoms with Crippen LogP contribution >= 0.6 is 0 Å². The number of unbranched alkanes of at least 4 members (excludes halogenated alkanes) is 12. The second kappa shape index (κ2) is 30.6. The normalized spacial score (nSPS) is 13.6. The molecule has 0 aromatic carbocycles. The van der Waals surface area contributed by atoms with Gasteiger partial charge in [0.25, 0.3) is 0 Å². The molecule has 0 heterocycles. The molecule has 0 fully saturated rings. The molecule has 0 radical (unpaired) electrons. The number of ether oxygens (including phenoxy) is 3. The fraction of sp³-hybridized carbons (Fsp3) is 0.718. The van der Waals surface area contributed by atoms with Crippen molar-refractivity contribution in [2.45, 2.75) is 142 Å². The van der Waals surface area contributed by atoms with E-state index in [9.17, 15) is 19.5 Å². The van der Waals surface area contributed by atoms with Gasteiger partial charge in [0.05, 0.1) is 40.3 Å². The molecular weight excluding hydrogens is 594 g/mol. The summed E-state index contributed by atoms with van der Waals surface area (Å²) in [5.74, 6) is -1.79.